The average molecular weight is 197 g/mol. The van der Waals surface area contributed by atoms with E-state index in [1.807, 2.05) is 6.92 Å². The minimum Gasteiger partial charge on any atom is -0.353 e. The third-order valence-electron chi connectivity index (χ3n) is 2.99. The monoisotopic (exact) mass is 197 g/mol. The maximum atomic E-state index is 11.1. The molecule has 1 aliphatic rings. The van der Waals surface area contributed by atoms with E-state index >= 15 is 0 Å². The smallest absolute Gasteiger partial charge is 0.219 e. The van der Waals surface area contributed by atoms with Crippen LogP contribution < -0.4 is 5.32 Å². The van der Waals surface area contributed by atoms with Crippen molar-refractivity contribution < 1.29 is 9.59 Å². The van der Waals surface area contributed by atoms with Crippen molar-refractivity contribution >= 4 is 11.7 Å². The zero-order chi connectivity index (χ0) is 10.6. The second-order valence-electron chi connectivity index (χ2n) is 4.08. The predicted octanol–water partition coefficient (Wildman–Crippen LogP) is 1.66. The second kappa shape index (κ2) is 5.13. The van der Waals surface area contributed by atoms with Gasteiger partial charge in [-0.05, 0) is 32.6 Å². The van der Waals surface area contributed by atoms with Gasteiger partial charge in [-0.15, -0.1) is 0 Å². The fourth-order valence-electron chi connectivity index (χ4n) is 1.97. The zero-order valence-corrected chi connectivity index (χ0v) is 9.01. The Labute approximate surface area is 85.3 Å². The molecule has 80 valence electrons. The van der Waals surface area contributed by atoms with E-state index < -0.39 is 0 Å². The van der Waals surface area contributed by atoms with Crippen LogP contribution in [-0.2, 0) is 9.59 Å². The molecular weight excluding hydrogens is 178 g/mol. The minimum absolute atomic E-state index is 0.122. The van der Waals surface area contributed by atoms with Crippen LogP contribution in [0.15, 0.2) is 0 Å². The first kappa shape index (κ1) is 11.2. The highest BCUT2D eigenvalue weighted by Gasteiger charge is 2.24. The number of carbonyl (C=O) groups is 2. The summed E-state index contributed by atoms with van der Waals surface area (Å²) in [5.41, 5.74) is 0. The molecule has 0 radical (unpaired) electrons. The molecular formula is C11H19NO2. The van der Waals surface area contributed by atoms with Crippen LogP contribution in [-0.4, -0.2) is 17.7 Å². The van der Waals surface area contributed by atoms with E-state index in [0.717, 1.165) is 25.7 Å². The van der Waals surface area contributed by atoms with E-state index in [1.54, 1.807) is 6.92 Å². The molecule has 0 aromatic rings. The number of rotatable bonds is 3. The van der Waals surface area contributed by atoms with Crippen molar-refractivity contribution in [2.75, 3.05) is 0 Å². The van der Waals surface area contributed by atoms with Gasteiger partial charge in [0, 0.05) is 18.4 Å². The van der Waals surface area contributed by atoms with Gasteiger partial charge in [-0.1, -0.05) is 6.92 Å². The van der Waals surface area contributed by atoms with Gasteiger partial charge in [-0.3, -0.25) is 9.59 Å². The highest BCUT2D eigenvalue weighted by molar-refractivity contribution is 5.78. The molecule has 1 saturated carbocycles. The molecule has 1 fully saturated rings. The van der Waals surface area contributed by atoms with E-state index in [9.17, 15) is 9.59 Å². The lowest BCUT2D eigenvalue weighted by molar-refractivity contribution is -0.122. The summed E-state index contributed by atoms with van der Waals surface area (Å²) in [4.78, 5) is 22.2. The molecule has 1 rings (SSSR count). The summed E-state index contributed by atoms with van der Waals surface area (Å²) >= 11 is 0. The standard InChI is InChI=1S/C11H19NO2/c1-3-11(14)12-10-6-4-9(5-7-10)8(2)13/h9-10H,3-7H2,1-2H3,(H,12,14)/t9-,10-. The van der Waals surface area contributed by atoms with E-state index in [-0.39, 0.29) is 11.8 Å². The van der Waals surface area contributed by atoms with Crippen LogP contribution in [0.1, 0.15) is 46.0 Å². The van der Waals surface area contributed by atoms with Gasteiger partial charge in [-0.25, -0.2) is 0 Å². The highest BCUT2D eigenvalue weighted by Crippen LogP contribution is 2.24. The first-order valence-electron chi connectivity index (χ1n) is 5.43. The molecule has 0 spiro atoms. The van der Waals surface area contributed by atoms with Crippen LogP contribution in [0.4, 0.5) is 0 Å². The van der Waals surface area contributed by atoms with E-state index in [0.29, 0.717) is 18.2 Å². The number of amides is 1. The van der Waals surface area contributed by atoms with Crippen molar-refractivity contribution in [3.8, 4) is 0 Å². The first-order valence-corrected chi connectivity index (χ1v) is 5.43. The Kier molecular flexibility index (Phi) is 4.11. The Morgan fingerprint density at radius 1 is 1.21 bits per heavy atom. The highest BCUT2D eigenvalue weighted by atomic mass is 16.1. The fraction of sp³-hybridized carbons (Fsp3) is 0.818. The lowest BCUT2D eigenvalue weighted by Gasteiger charge is -2.27. The largest absolute Gasteiger partial charge is 0.353 e. The number of hydrogen-bond donors (Lipinski definition) is 1. The first-order chi connectivity index (χ1) is 6.63. The maximum Gasteiger partial charge on any atom is 0.219 e. The molecule has 3 heteroatoms. The van der Waals surface area contributed by atoms with Crippen molar-refractivity contribution in [1.82, 2.24) is 5.32 Å². The van der Waals surface area contributed by atoms with Crippen molar-refractivity contribution in [2.24, 2.45) is 5.92 Å². The second-order valence-corrected chi connectivity index (χ2v) is 4.08. The molecule has 1 aliphatic carbocycles. The lowest BCUT2D eigenvalue weighted by atomic mass is 9.84. The van der Waals surface area contributed by atoms with Gasteiger partial charge in [0.25, 0.3) is 0 Å². The van der Waals surface area contributed by atoms with Crippen molar-refractivity contribution in [3.05, 3.63) is 0 Å². The molecule has 1 N–H and O–H groups in total. The summed E-state index contributed by atoms with van der Waals surface area (Å²) in [7, 11) is 0. The Hall–Kier alpha value is -0.860. The fourth-order valence-corrected chi connectivity index (χ4v) is 1.97. The average Bonchev–Trinajstić information content (AvgIpc) is 2.18. The van der Waals surface area contributed by atoms with Gasteiger partial charge in [0.2, 0.25) is 5.91 Å². The predicted molar refractivity (Wildman–Crippen MR) is 54.9 cm³/mol. The molecule has 0 aliphatic heterocycles. The summed E-state index contributed by atoms with van der Waals surface area (Å²) in [5.74, 6) is 0.659. The normalized spacial score (nSPS) is 27.0. The Bertz CT molecular complexity index is 217. The molecule has 14 heavy (non-hydrogen) atoms. The number of nitrogens with one attached hydrogen (secondary N) is 1. The van der Waals surface area contributed by atoms with Crippen LogP contribution in [0.25, 0.3) is 0 Å². The minimum atomic E-state index is 0.122. The van der Waals surface area contributed by atoms with Crippen LogP contribution in [0.3, 0.4) is 0 Å². The van der Waals surface area contributed by atoms with Gasteiger partial charge in [0.1, 0.15) is 5.78 Å². The number of ketones is 1. The third kappa shape index (κ3) is 3.13. The van der Waals surface area contributed by atoms with E-state index in [1.165, 1.54) is 0 Å². The summed E-state index contributed by atoms with van der Waals surface area (Å²) < 4.78 is 0. The molecule has 0 saturated heterocycles. The molecule has 3 nitrogen and oxygen atoms in total. The molecule has 0 heterocycles. The zero-order valence-electron chi connectivity index (χ0n) is 9.01. The SMILES string of the molecule is CCC(=O)N[C@H]1CC[C@H](C(C)=O)CC1. The maximum absolute atomic E-state index is 11.1. The molecule has 1 amide bonds. The van der Waals surface area contributed by atoms with Gasteiger partial charge < -0.3 is 5.32 Å². The molecule has 0 unspecified atom stereocenters. The third-order valence-corrected chi connectivity index (χ3v) is 2.99. The van der Waals surface area contributed by atoms with Gasteiger partial charge >= 0.3 is 0 Å². The van der Waals surface area contributed by atoms with Crippen molar-refractivity contribution in [2.45, 2.75) is 52.0 Å². The van der Waals surface area contributed by atoms with Crippen LogP contribution in [0.2, 0.25) is 0 Å². The Morgan fingerprint density at radius 3 is 2.21 bits per heavy atom. The molecule has 0 aromatic heterocycles. The molecule has 0 atom stereocenters. The summed E-state index contributed by atoms with van der Waals surface area (Å²) in [6, 6.07) is 0.304. The van der Waals surface area contributed by atoms with Gasteiger partial charge in [0.05, 0.1) is 0 Å². The summed E-state index contributed by atoms with van der Waals surface area (Å²) in [6.07, 6.45) is 4.33. The quantitative estimate of drug-likeness (QED) is 0.748. The van der Waals surface area contributed by atoms with Crippen LogP contribution in [0, 0.1) is 5.92 Å². The van der Waals surface area contributed by atoms with Crippen LogP contribution in [0.5, 0.6) is 0 Å². The van der Waals surface area contributed by atoms with E-state index in [2.05, 4.69) is 5.32 Å². The number of Topliss-reactive ketones (excluding diaryl/α,β-unsaturated/α-hetero) is 1. The number of carbonyl (C=O) groups excluding carboxylic acids is 2. The lowest BCUT2D eigenvalue weighted by Crippen LogP contribution is -2.38. The van der Waals surface area contributed by atoms with Gasteiger partial charge in [0.15, 0.2) is 0 Å². The summed E-state index contributed by atoms with van der Waals surface area (Å²) in [5, 5.41) is 2.98. The van der Waals surface area contributed by atoms with Crippen molar-refractivity contribution in [1.29, 1.82) is 0 Å². The molecule has 0 bridgehead atoms. The molecule has 0 aromatic carbocycles. The van der Waals surface area contributed by atoms with Crippen LogP contribution >= 0.6 is 0 Å². The Morgan fingerprint density at radius 2 is 1.79 bits per heavy atom. The van der Waals surface area contributed by atoms with E-state index in [4.69, 9.17) is 0 Å². The topological polar surface area (TPSA) is 46.2 Å². The summed E-state index contributed by atoms with van der Waals surface area (Å²) in [6.45, 7) is 3.52. The van der Waals surface area contributed by atoms with Crippen molar-refractivity contribution in [3.63, 3.8) is 0 Å². The number of hydrogen-bond acceptors (Lipinski definition) is 2. The Balaban J connectivity index is 2.29. The van der Waals surface area contributed by atoms with Gasteiger partial charge in [-0.2, -0.15) is 0 Å².